The molecule has 3 N–H and O–H groups in total. The molecule has 5 heteroatoms. The molecule has 1 unspecified atom stereocenters. The predicted octanol–water partition coefficient (Wildman–Crippen LogP) is 0.143. The number of hydrogen-bond donors (Lipinski definition) is 3. The summed E-state index contributed by atoms with van der Waals surface area (Å²) in [6.07, 6.45) is 0.428. The van der Waals surface area contributed by atoms with Crippen LogP contribution in [0, 0.1) is 0 Å². The molecule has 1 aliphatic heterocycles. The highest BCUT2D eigenvalue weighted by atomic mass is 16.3. The molecular formula is C10H10N2O3. The van der Waals surface area contributed by atoms with Gasteiger partial charge in [-0.25, -0.2) is 4.79 Å². The smallest absolute Gasteiger partial charge is 0.322 e. The lowest BCUT2D eigenvalue weighted by Crippen LogP contribution is -2.30. The van der Waals surface area contributed by atoms with Crippen LogP contribution in [0.2, 0.25) is 0 Å². The standard InChI is InChI=1S/C10H10N2O3/c13-7-3-1-6(2-4-7)5-8-9(14)12-10(15)11-8/h1-4,8,13H,5H2,(H2,11,12,14,15). The SMILES string of the molecule is O=C1NC(=O)C(Cc2ccc(O)cc2)N1. The highest BCUT2D eigenvalue weighted by Gasteiger charge is 2.29. The number of carbonyl (C=O) groups excluding carboxylic acids is 2. The number of amides is 3. The van der Waals surface area contributed by atoms with Gasteiger partial charge in [0.25, 0.3) is 5.91 Å². The molecule has 1 aliphatic rings. The lowest BCUT2D eigenvalue weighted by molar-refractivity contribution is -0.120. The molecule has 2 rings (SSSR count). The first-order chi connectivity index (χ1) is 7.15. The molecule has 1 fully saturated rings. The number of carbonyl (C=O) groups is 2. The molecule has 0 spiro atoms. The lowest BCUT2D eigenvalue weighted by atomic mass is 10.1. The van der Waals surface area contributed by atoms with E-state index in [4.69, 9.17) is 5.11 Å². The summed E-state index contributed by atoms with van der Waals surface area (Å²) in [7, 11) is 0. The van der Waals surface area contributed by atoms with Gasteiger partial charge in [-0.05, 0) is 17.7 Å². The molecule has 0 aliphatic carbocycles. The van der Waals surface area contributed by atoms with Gasteiger partial charge >= 0.3 is 6.03 Å². The molecule has 0 radical (unpaired) electrons. The van der Waals surface area contributed by atoms with Gasteiger partial charge in [0.05, 0.1) is 0 Å². The molecule has 0 saturated carbocycles. The largest absolute Gasteiger partial charge is 0.508 e. The van der Waals surface area contributed by atoms with Crippen LogP contribution in [-0.2, 0) is 11.2 Å². The van der Waals surface area contributed by atoms with Crippen molar-refractivity contribution in [1.29, 1.82) is 0 Å². The first kappa shape index (κ1) is 9.51. The van der Waals surface area contributed by atoms with Crippen LogP contribution in [0.4, 0.5) is 4.79 Å². The summed E-state index contributed by atoms with van der Waals surface area (Å²) < 4.78 is 0. The van der Waals surface area contributed by atoms with E-state index in [1.807, 2.05) is 0 Å². The number of aromatic hydroxyl groups is 1. The van der Waals surface area contributed by atoms with E-state index in [-0.39, 0.29) is 11.7 Å². The number of phenolic OH excluding ortho intramolecular Hbond substituents is 1. The van der Waals surface area contributed by atoms with Gasteiger partial charge in [0.15, 0.2) is 0 Å². The highest BCUT2D eigenvalue weighted by molar-refractivity contribution is 6.04. The zero-order valence-electron chi connectivity index (χ0n) is 7.86. The predicted molar refractivity (Wildman–Crippen MR) is 52.3 cm³/mol. The topological polar surface area (TPSA) is 78.4 Å². The molecule has 1 aromatic rings. The van der Waals surface area contributed by atoms with E-state index in [9.17, 15) is 9.59 Å². The van der Waals surface area contributed by atoms with Crippen LogP contribution in [0.1, 0.15) is 5.56 Å². The van der Waals surface area contributed by atoms with E-state index in [1.54, 1.807) is 24.3 Å². The third-order valence-electron chi connectivity index (χ3n) is 2.23. The molecule has 5 nitrogen and oxygen atoms in total. The summed E-state index contributed by atoms with van der Waals surface area (Å²) in [5.74, 6) is -0.133. The summed E-state index contributed by atoms with van der Waals surface area (Å²) >= 11 is 0. The molecule has 78 valence electrons. The van der Waals surface area contributed by atoms with Gasteiger partial charge in [-0.15, -0.1) is 0 Å². The van der Waals surface area contributed by atoms with Crippen molar-refractivity contribution >= 4 is 11.9 Å². The van der Waals surface area contributed by atoms with Gasteiger partial charge in [0.1, 0.15) is 11.8 Å². The zero-order valence-corrected chi connectivity index (χ0v) is 7.86. The number of phenols is 1. The Morgan fingerprint density at radius 2 is 1.87 bits per heavy atom. The number of imide groups is 1. The fourth-order valence-corrected chi connectivity index (χ4v) is 1.47. The molecular weight excluding hydrogens is 196 g/mol. The number of hydrogen-bond acceptors (Lipinski definition) is 3. The van der Waals surface area contributed by atoms with Crippen LogP contribution < -0.4 is 10.6 Å². The monoisotopic (exact) mass is 206 g/mol. The van der Waals surface area contributed by atoms with Crippen molar-refractivity contribution in [2.24, 2.45) is 0 Å². The second kappa shape index (κ2) is 3.61. The van der Waals surface area contributed by atoms with Gasteiger partial charge in [-0.1, -0.05) is 12.1 Å². The van der Waals surface area contributed by atoms with Crippen LogP contribution in [0.15, 0.2) is 24.3 Å². The van der Waals surface area contributed by atoms with Gasteiger partial charge < -0.3 is 10.4 Å². The van der Waals surface area contributed by atoms with Crippen molar-refractivity contribution in [2.45, 2.75) is 12.5 Å². The molecule has 1 atom stereocenters. The van der Waals surface area contributed by atoms with Crippen molar-refractivity contribution < 1.29 is 14.7 Å². The Kier molecular flexibility index (Phi) is 2.29. The van der Waals surface area contributed by atoms with Crippen molar-refractivity contribution in [3.05, 3.63) is 29.8 Å². The van der Waals surface area contributed by atoms with E-state index in [0.717, 1.165) is 5.56 Å². The maximum Gasteiger partial charge on any atom is 0.322 e. The second-order valence-electron chi connectivity index (χ2n) is 3.39. The number of rotatable bonds is 2. The molecule has 1 aromatic carbocycles. The quantitative estimate of drug-likeness (QED) is 0.602. The Morgan fingerprint density at radius 1 is 1.20 bits per heavy atom. The summed E-state index contributed by atoms with van der Waals surface area (Å²) in [4.78, 5) is 22.0. The molecule has 3 amide bonds. The van der Waals surface area contributed by atoms with Crippen LogP contribution in [0.3, 0.4) is 0 Å². The van der Waals surface area contributed by atoms with E-state index in [0.29, 0.717) is 6.42 Å². The summed E-state index contributed by atoms with van der Waals surface area (Å²) in [6, 6.07) is 5.56. The minimum Gasteiger partial charge on any atom is -0.508 e. The lowest BCUT2D eigenvalue weighted by Gasteiger charge is -2.06. The van der Waals surface area contributed by atoms with Gasteiger partial charge in [-0.2, -0.15) is 0 Å². The highest BCUT2D eigenvalue weighted by Crippen LogP contribution is 2.12. The van der Waals surface area contributed by atoms with Crippen molar-refractivity contribution in [3.63, 3.8) is 0 Å². The Labute approximate surface area is 86.1 Å². The van der Waals surface area contributed by atoms with Gasteiger partial charge in [-0.3, -0.25) is 10.1 Å². The number of urea groups is 1. The Balaban J connectivity index is 2.06. The van der Waals surface area contributed by atoms with Crippen molar-refractivity contribution in [1.82, 2.24) is 10.6 Å². The van der Waals surface area contributed by atoms with Crippen LogP contribution >= 0.6 is 0 Å². The normalized spacial score (nSPS) is 19.9. The first-order valence-electron chi connectivity index (χ1n) is 4.54. The Bertz CT molecular complexity index is 400. The summed E-state index contributed by atoms with van der Waals surface area (Å²) in [6.45, 7) is 0. The summed E-state index contributed by atoms with van der Waals surface area (Å²) in [5, 5.41) is 13.7. The van der Waals surface area contributed by atoms with E-state index < -0.39 is 12.1 Å². The minimum atomic E-state index is -0.512. The average molecular weight is 206 g/mol. The summed E-state index contributed by atoms with van der Waals surface area (Å²) in [5.41, 5.74) is 0.884. The van der Waals surface area contributed by atoms with E-state index >= 15 is 0 Å². The molecule has 0 aromatic heterocycles. The van der Waals surface area contributed by atoms with Crippen LogP contribution in [-0.4, -0.2) is 23.1 Å². The van der Waals surface area contributed by atoms with Crippen molar-refractivity contribution in [3.8, 4) is 5.75 Å². The third-order valence-corrected chi connectivity index (χ3v) is 2.23. The number of nitrogens with one attached hydrogen (secondary N) is 2. The van der Waals surface area contributed by atoms with E-state index in [2.05, 4.69) is 10.6 Å². The maximum absolute atomic E-state index is 11.2. The third kappa shape index (κ3) is 2.07. The first-order valence-corrected chi connectivity index (χ1v) is 4.54. The maximum atomic E-state index is 11.2. The molecule has 0 bridgehead atoms. The molecule has 1 saturated heterocycles. The van der Waals surface area contributed by atoms with E-state index in [1.165, 1.54) is 0 Å². The second-order valence-corrected chi connectivity index (χ2v) is 3.39. The van der Waals surface area contributed by atoms with Crippen molar-refractivity contribution in [2.75, 3.05) is 0 Å². The van der Waals surface area contributed by atoms with Crippen LogP contribution in [0.25, 0.3) is 0 Å². The van der Waals surface area contributed by atoms with Gasteiger partial charge in [0, 0.05) is 6.42 Å². The Morgan fingerprint density at radius 3 is 2.40 bits per heavy atom. The fraction of sp³-hybridized carbons (Fsp3) is 0.200. The Hall–Kier alpha value is -2.04. The number of benzene rings is 1. The minimum absolute atomic E-state index is 0.179. The van der Waals surface area contributed by atoms with Gasteiger partial charge in [0.2, 0.25) is 0 Å². The zero-order chi connectivity index (χ0) is 10.8. The fourth-order valence-electron chi connectivity index (χ4n) is 1.47. The van der Waals surface area contributed by atoms with Crippen LogP contribution in [0.5, 0.6) is 5.75 Å². The molecule has 15 heavy (non-hydrogen) atoms. The molecule has 1 heterocycles. The average Bonchev–Trinajstić information content (AvgIpc) is 2.49.